The first-order chi connectivity index (χ1) is 8.63. The van der Waals surface area contributed by atoms with Crippen LogP contribution >= 0.6 is 15.9 Å². The number of nitrogens with two attached hydrogens (primary N) is 1. The van der Waals surface area contributed by atoms with Gasteiger partial charge in [-0.15, -0.1) is 0 Å². The molecule has 4 heteroatoms. The molecule has 2 saturated heterocycles. The Morgan fingerprint density at radius 2 is 1.94 bits per heavy atom. The van der Waals surface area contributed by atoms with Crippen LogP contribution in [0, 0.1) is 0 Å². The quantitative estimate of drug-likeness (QED) is 0.853. The van der Waals surface area contributed by atoms with Crippen LogP contribution in [-0.2, 0) is 0 Å². The van der Waals surface area contributed by atoms with Crippen molar-refractivity contribution in [3.63, 3.8) is 0 Å². The van der Waals surface area contributed by atoms with Crippen molar-refractivity contribution in [1.29, 1.82) is 0 Å². The lowest BCUT2D eigenvalue weighted by molar-refractivity contribution is 0.0657. The average molecular weight is 311 g/mol. The van der Waals surface area contributed by atoms with E-state index in [1.54, 1.807) is 0 Å². The van der Waals surface area contributed by atoms with Gasteiger partial charge < -0.3 is 15.4 Å². The molecule has 3 nitrogen and oxygen atoms in total. The molecular formula is C14H19BrN2O. The van der Waals surface area contributed by atoms with Crippen LogP contribution in [-0.4, -0.2) is 30.1 Å². The van der Waals surface area contributed by atoms with Crippen LogP contribution in [0.2, 0.25) is 0 Å². The monoisotopic (exact) mass is 310 g/mol. The second-order valence-electron chi connectivity index (χ2n) is 5.45. The Hall–Kier alpha value is -0.740. The predicted octanol–water partition coefficient (Wildman–Crippen LogP) is 3.04. The highest BCUT2D eigenvalue weighted by molar-refractivity contribution is 9.10. The Balaban J connectivity index is 1.70. The van der Waals surface area contributed by atoms with Gasteiger partial charge in [-0.2, -0.15) is 0 Å². The summed E-state index contributed by atoms with van der Waals surface area (Å²) < 4.78 is 7.09. The molecule has 0 aromatic heterocycles. The number of benzene rings is 1. The van der Waals surface area contributed by atoms with Gasteiger partial charge in [-0.1, -0.05) is 0 Å². The van der Waals surface area contributed by atoms with Crippen molar-refractivity contribution < 1.29 is 4.74 Å². The molecule has 2 N–H and O–H groups in total. The van der Waals surface area contributed by atoms with E-state index >= 15 is 0 Å². The minimum atomic E-state index is 0.346. The van der Waals surface area contributed by atoms with E-state index in [1.165, 1.54) is 12.8 Å². The van der Waals surface area contributed by atoms with Gasteiger partial charge in [0.15, 0.2) is 0 Å². The van der Waals surface area contributed by atoms with Gasteiger partial charge in [0.25, 0.3) is 0 Å². The Bertz CT molecular complexity index is 437. The van der Waals surface area contributed by atoms with Crippen LogP contribution in [0.3, 0.4) is 0 Å². The number of ether oxygens (including phenoxy) is 1. The molecule has 0 unspecified atom stereocenters. The number of nitrogen functional groups attached to an aromatic ring is 1. The van der Waals surface area contributed by atoms with Crippen LogP contribution < -0.4 is 10.5 Å². The molecule has 18 heavy (non-hydrogen) atoms. The summed E-state index contributed by atoms with van der Waals surface area (Å²) in [7, 11) is 2.25. The molecule has 2 heterocycles. The predicted molar refractivity (Wildman–Crippen MR) is 76.8 cm³/mol. The molecule has 0 radical (unpaired) electrons. The summed E-state index contributed by atoms with van der Waals surface area (Å²) in [6.07, 6.45) is 5.28. The summed E-state index contributed by atoms with van der Waals surface area (Å²) in [6, 6.07) is 7.17. The zero-order valence-electron chi connectivity index (χ0n) is 10.6. The number of halogens is 1. The van der Waals surface area contributed by atoms with Crippen molar-refractivity contribution in [3.8, 4) is 5.75 Å². The van der Waals surface area contributed by atoms with Gasteiger partial charge in [0, 0.05) is 17.8 Å². The van der Waals surface area contributed by atoms with Crippen LogP contribution in [0.1, 0.15) is 25.7 Å². The molecule has 3 rings (SSSR count). The largest absolute Gasteiger partial charge is 0.489 e. The number of rotatable bonds is 2. The molecule has 1 aromatic carbocycles. The lowest BCUT2D eigenvalue weighted by Crippen LogP contribution is -2.43. The average Bonchev–Trinajstić information content (AvgIpc) is 2.57. The van der Waals surface area contributed by atoms with Gasteiger partial charge in [0.05, 0.1) is 4.47 Å². The molecular weight excluding hydrogens is 292 g/mol. The maximum Gasteiger partial charge on any atom is 0.134 e. The van der Waals surface area contributed by atoms with Crippen molar-refractivity contribution in [2.75, 3.05) is 12.8 Å². The lowest BCUT2D eigenvalue weighted by Gasteiger charge is -2.36. The van der Waals surface area contributed by atoms with Crippen LogP contribution in [0.5, 0.6) is 5.75 Å². The van der Waals surface area contributed by atoms with E-state index in [1.807, 2.05) is 18.2 Å². The van der Waals surface area contributed by atoms with Gasteiger partial charge in [0.1, 0.15) is 11.9 Å². The molecule has 2 fully saturated rings. The highest BCUT2D eigenvalue weighted by atomic mass is 79.9. The standard InChI is InChI=1S/C14H19BrN2O/c1-17-10-3-4-11(17)8-12(7-10)18-14-5-2-9(16)6-13(14)15/h2,5-6,10-12H,3-4,7-8,16H2,1H3/t10-,11+,12+. The first-order valence-corrected chi connectivity index (χ1v) is 7.36. The summed E-state index contributed by atoms with van der Waals surface area (Å²) in [6.45, 7) is 0. The fourth-order valence-electron chi connectivity index (χ4n) is 3.25. The third-order valence-electron chi connectivity index (χ3n) is 4.30. The molecule has 2 bridgehead atoms. The molecule has 0 spiro atoms. The highest BCUT2D eigenvalue weighted by Gasteiger charge is 2.39. The van der Waals surface area contributed by atoms with Crippen LogP contribution in [0.4, 0.5) is 5.69 Å². The van der Waals surface area contributed by atoms with Crippen LogP contribution in [0.25, 0.3) is 0 Å². The van der Waals surface area contributed by atoms with E-state index < -0.39 is 0 Å². The Labute approximate surface area is 116 Å². The van der Waals surface area contributed by atoms with E-state index in [2.05, 4.69) is 27.9 Å². The first kappa shape index (κ1) is 12.3. The number of hydrogen-bond donors (Lipinski definition) is 1. The third kappa shape index (κ3) is 2.24. The van der Waals surface area contributed by atoms with E-state index in [0.717, 1.165) is 28.8 Å². The second-order valence-corrected chi connectivity index (χ2v) is 6.31. The summed E-state index contributed by atoms with van der Waals surface area (Å²) >= 11 is 3.52. The Morgan fingerprint density at radius 3 is 2.56 bits per heavy atom. The summed E-state index contributed by atoms with van der Waals surface area (Å²) in [4.78, 5) is 2.53. The van der Waals surface area contributed by atoms with Crippen molar-refractivity contribution in [2.24, 2.45) is 0 Å². The number of anilines is 1. The van der Waals surface area contributed by atoms with Crippen LogP contribution in [0.15, 0.2) is 22.7 Å². The molecule has 2 aliphatic heterocycles. The number of fused-ring (bicyclic) bond motifs is 2. The zero-order valence-corrected chi connectivity index (χ0v) is 12.2. The van der Waals surface area contributed by atoms with E-state index in [4.69, 9.17) is 10.5 Å². The molecule has 0 aliphatic carbocycles. The van der Waals surface area contributed by atoms with Crippen molar-refractivity contribution >= 4 is 21.6 Å². The number of piperidine rings is 1. The van der Waals surface area contributed by atoms with E-state index in [-0.39, 0.29) is 0 Å². The summed E-state index contributed by atoms with van der Waals surface area (Å²) in [5.41, 5.74) is 6.50. The molecule has 2 aliphatic rings. The van der Waals surface area contributed by atoms with E-state index in [0.29, 0.717) is 18.2 Å². The van der Waals surface area contributed by atoms with Gasteiger partial charge in [-0.05, 0) is 66.9 Å². The molecule has 0 amide bonds. The fourth-order valence-corrected chi connectivity index (χ4v) is 3.74. The summed E-state index contributed by atoms with van der Waals surface area (Å²) in [5.74, 6) is 0.915. The highest BCUT2D eigenvalue weighted by Crippen LogP contribution is 2.37. The Morgan fingerprint density at radius 1 is 1.28 bits per heavy atom. The van der Waals surface area contributed by atoms with Gasteiger partial charge >= 0.3 is 0 Å². The molecule has 0 saturated carbocycles. The van der Waals surface area contributed by atoms with Crippen molar-refractivity contribution in [1.82, 2.24) is 4.90 Å². The lowest BCUT2D eigenvalue weighted by atomic mass is 10.0. The first-order valence-electron chi connectivity index (χ1n) is 6.57. The molecule has 98 valence electrons. The van der Waals surface area contributed by atoms with Gasteiger partial charge in [0.2, 0.25) is 0 Å². The normalized spacial score (nSPS) is 31.6. The van der Waals surface area contributed by atoms with Crippen molar-refractivity contribution in [3.05, 3.63) is 22.7 Å². The number of hydrogen-bond acceptors (Lipinski definition) is 3. The molecule has 1 aromatic rings. The van der Waals surface area contributed by atoms with Gasteiger partial charge in [-0.3, -0.25) is 0 Å². The van der Waals surface area contributed by atoms with E-state index in [9.17, 15) is 0 Å². The van der Waals surface area contributed by atoms with Crippen molar-refractivity contribution in [2.45, 2.75) is 43.9 Å². The smallest absolute Gasteiger partial charge is 0.134 e. The second kappa shape index (κ2) is 4.74. The minimum absolute atomic E-state index is 0.346. The Kier molecular flexibility index (Phi) is 3.24. The van der Waals surface area contributed by atoms with Gasteiger partial charge in [-0.25, -0.2) is 0 Å². The maximum atomic E-state index is 6.14. The SMILES string of the molecule is CN1[C@@H]2CC[C@H]1C[C@@H](Oc1ccc(N)cc1Br)C2. The third-order valence-corrected chi connectivity index (χ3v) is 4.92. The number of nitrogens with zero attached hydrogens (tertiary/aromatic N) is 1. The molecule has 3 atom stereocenters. The topological polar surface area (TPSA) is 38.5 Å². The summed E-state index contributed by atoms with van der Waals surface area (Å²) in [5, 5.41) is 0. The maximum absolute atomic E-state index is 6.14. The fraction of sp³-hybridized carbons (Fsp3) is 0.571. The minimum Gasteiger partial charge on any atom is -0.489 e. The zero-order chi connectivity index (χ0) is 12.7.